The summed E-state index contributed by atoms with van der Waals surface area (Å²) in [7, 11) is -3.73. The molecule has 136 valence electrons. The minimum absolute atomic E-state index is 0.160. The summed E-state index contributed by atoms with van der Waals surface area (Å²) in [5, 5.41) is 2.84. The quantitative estimate of drug-likeness (QED) is 0.686. The van der Waals surface area contributed by atoms with Gasteiger partial charge in [-0.3, -0.25) is 4.79 Å². The van der Waals surface area contributed by atoms with E-state index in [2.05, 4.69) is 10.3 Å². The second-order valence-electron chi connectivity index (χ2n) is 5.86. The van der Waals surface area contributed by atoms with Gasteiger partial charge in [0.1, 0.15) is 10.3 Å². The van der Waals surface area contributed by atoms with Crippen molar-refractivity contribution >= 4 is 66.1 Å². The lowest BCUT2D eigenvalue weighted by molar-refractivity contribution is -0.119. The van der Waals surface area contributed by atoms with Gasteiger partial charge in [0.05, 0.1) is 20.1 Å². The Morgan fingerprint density at radius 1 is 1.31 bits per heavy atom. The second kappa shape index (κ2) is 6.90. The van der Waals surface area contributed by atoms with Gasteiger partial charge >= 0.3 is 0 Å². The molecule has 0 spiro atoms. The van der Waals surface area contributed by atoms with E-state index in [4.69, 9.17) is 11.6 Å². The van der Waals surface area contributed by atoms with Crippen LogP contribution in [0.1, 0.15) is 12.8 Å². The molecule has 1 saturated heterocycles. The highest BCUT2D eigenvalue weighted by Gasteiger charge is 2.40. The van der Waals surface area contributed by atoms with Crippen LogP contribution in [-0.2, 0) is 14.8 Å². The van der Waals surface area contributed by atoms with Gasteiger partial charge < -0.3 is 5.32 Å². The molecular formula is C16H14ClN3O3S3. The number of rotatable bonds is 4. The highest BCUT2D eigenvalue weighted by molar-refractivity contribution is 7.91. The maximum atomic E-state index is 12.8. The smallest absolute Gasteiger partial charge is 0.253 e. The fraction of sp³-hybridized carbons (Fsp3) is 0.250. The van der Waals surface area contributed by atoms with Crippen LogP contribution in [0.3, 0.4) is 0 Å². The first-order chi connectivity index (χ1) is 12.4. The summed E-state index contributed by atoms with van der Waals surface area (Å²) in [4.78, 5) is 16.9. The molecule has 1 N–H and O–H groups in total. The minimum Gasteiger partial charge on any atom is -0.325 e. The molecule has 4 rings (SSSR count). The Bertz CT molecular complexity index is 1080. The Morgan fingerprint density at radius 2 is 2.15 bits per heavy atom. The van der Waals surface area contributed by atoms with Crippen LogP contribution in [0.2, 0.25) is 4.34 Å². The lowest BCUT2D eigenvalue weighted by Gasteiger charge is -2.22. The standard InChI is InChI=1S/C16H14ClN3O3S3/c17-14-5-6-15(25-14)26(22,23)20-7-1-2-12(20)16(21)19-10-3-4-11-13(8-10)24-9-18-11/h3-6,8-9,12H,1-2,7H2,(H,19,21)/t12-/m0/s1. The van der Waals surface area contributed by atoms with Crippen LogP contribution >= 0.6 is 34.3 Å². The van der Waals surface area contributed by atoms with E-state index in [1.54, 1.807) is 17.6 Å². The lowest BCUT2D eigenvalue weighted by atomic mass is 10.2. The average molecular weight is 428 g/mol. The van der Waals surface area contributed by atoms with E-state index in [1.807, 2.05) is 12.1 Å². The van der Waals surface area contributed by atoms with Crippen molar-refractivity contribution in [3.05, 3.63) is 40.2 Å². The van der Waals surface area contributed by atoms with E-state index in [9.17, 15) is 13.2 Å². The molecule has 1 aromatic carbocycles. The van der Waals surface area contributed by atoms with Gasteiger partial charge in [-0.2, -0.15) is 4.31 Å². The highest BCUT2D eigenvalue weighted by Crippen LogP contribution is 2.32. The number of carbonyl (C=O) groups is 1. The number of thiophene rings is 1. The van der Waals surface area contributed by atoms with Gasteiger partial charge in [-0.05, 0) is 43.2 Å². The van der Waals surface area contributed by atoms with Gasteiger partial charge in [0.2, 0.25) is 5.91 Å². The highest BCUT2D eigenvalue weighted by atomic mass is 35.5. The summed E-state index contributed by atoms with van der Waals surface area (Å²) >= 11 is 8.36. The van der Waals surface area contributed by atoms with Crippen molar-refractivity contribution in [3.8, 4) is 0 Å². The summed E-state index contributed by atoms with van der Waals surface area (Å²) in [6, 6.07) is 7.75. The Hall–Kier alpha value is -1.52. The zero-order valence-electron chi connectivity index (χ0n) is 13.4. The first-order valence-electron chi connectivity index (χ1n) is 7.86. The largest absolute Gasteiger partial charge is 0.325 e. The number of nitrogens with zero attached hydrogens (tertiary/aromatic N) is 2. The number of sulfonamides is 1. The molecule has 2 aromatic heterocycles. The topological polar surface area (TPSA) is 79.4 Å². The molecule has 26 heavy (non-hydrogen) atoms. The maximum Gasteiger partial charge on any atom is 0.253 e. The predicted octanol–water partition coefficient (Wildman–Crippen LogP) is 3.80. The normalized spacial score (nSPS) is 18.4. The molecule has 1 atom stereocenters. The van der Waals surface area contributed by atoms with Crippen LogP contribution in [0.15, 0.2) is 40.1 Å². The van der Waals surface area contributed by atoms with Crippen LogP contribution in [-0.4, -0.2) is 36.2 Å². The van der Waals surface area contributed by atoms with Crippen molar-refractivity contribution in [2.45, 2.75) is 23.1 Å². The van der Waals surface area contributed by atoms with E-state index in [0.29, 0.717) is 29.4 Å². The van der Waals surface area contributed by atoms with Crippen molar-refractivity contribution in [2.24, 2.45) is 0 Å². The molecule has 1 amide bonds. The Labute approximate surface area is 163 Å². The number of carbonyl (C=O) groups excluding carboxylic acids is 1. The Balaban J connectivity index is 1.56. The molecule has 0 saturated carbocycles. The van der Waals surface area contributed by atoms with Gasteiger partial charge in [-0.25, -0.2) is 13.4 Å². The van der Waals surface area contributed by atoms with Crippen LogP contribution in [0.25, 0.3) is 10.2 Å². The van der Waals surface area contributed by atoms with E-state index >= 15 is 0 Å². The first-order valence-corrected chi connectivity index (χ1v) is 11.4. The number of amides is 1. The van der Waals surface area contributed by atoms with Crippen LogP contribution in [0.4, 0.5) is 5.69 Å². The van der Waals surface area contributed by atoms with Crippen molar-refractivity contribution in [3.63, 3.8) is 0 Å². The monoisotopic (exact) mass is 427 g/mol. The second-order valence-corrected chi connectivity index (χ2v) is 10.6. The summed E-state index contributed by atoms with van der Waals surface area (Å²) < 4.78 is 28.5. The average Bonchev–Trinajstić information content (AvgIpc) is 3.34. The van der Waals surface area contributed by atoms with Crippen molar-refractivity contribution in [1.82, 2.24) is 9.29 Å². The maximum absolute atomic E-state index is 12.8. The Kier molecular flexibility index (Phi) is 4.74. The first kappa shape index (κ1) is 17.9. The zero-order chi connectivity index (χ0) is 18.3. The summed E-state index contributed by atoms with van der Waals surface area (Å²) in [5.41, 5.74) is 3.25. The van der Waals surface area contributed by atoms with E-state index in [0.717, 1.165) is 21.6 Å². The molecule has 1 aliphatic heterocycles. The van der Waals surface area contributed by atoms with Crippen molar-refractivity contribution < 1.29 is 13.2 Å². The third-order valence-electron chi connectivity index (χ3n) is 4.22. The van der Waals surface area contributed by atoms with Gasteiger partial charge in [0.25, 0.3) is 10.0 Å². The number of halogens is 1. The fourth-order valence-electron chi connectivity index (χ4n) is 3.00. The Morgan fingerprint density at radius 3 is 2.92 bits per heavy atom. The molecular weight excluding hydrogens is 414 g/mol. The third-order valence-corrected chi connectivity index (χ3v) is 8.62. The number of thiazole rings is 1. The van der Waals surface area contributed by atoms with Gasteiger partial charge in [0, 0.05) is 12.2 Å². The molecule has 1 aliphatic rings. The van der Waals surface area contributed by atoms with Crippen LogP contribution in [0.5, 0.6) is 0 Å². The van der Waals surface area contributed by atoms with E-state index in [-0.39, 0.29) is 10.1 Å². The molecule has 6 nitrogen and oxygen atoms in total. The summed E-state index contributed by atoms with van der Waals surface area (Å²) in [6.45, 7) is 0.323. The number of benzene rings is 1. The molecule has 3 heterocycles. The molecule has 0 unspecified atom stereocenters. The van der Waals surface area contributed by atoms with Crippen LogP contribution in [0, 0.1) is 0 Å². The van der Waals surface area contributed by atoms with Crippen LogP contribution < -0.4 is 5.32 Å². The van der Waals surface area contributed by atoms with Gasteiger partial charge in [-0.15, -0.1) is 22.7 Å². The summed E-state index contributed by atoms with van der Waals surface area (Å²) in [5.74, 6) is -0.322. The zero-order valence-corrected chi connectivity index (χ0v) is 16.6. The van der Waals surface area contributed by atoms with E-state index in [1.165, 1.54) is 21.7 Å². The predicted molar refractivity (Wildman–Crippen MR) is 104 cm³/mol. The molecule has 3 aromatic rings. The fourth-order valence-corrected chi connectivity index (χ4v) is 6.99. The van der Waals surface area contributed by atoms with Gasteiger partial charge in [-0.1, -0.05) is 11.6 Å². The van der Waals surface area contributed by atoms with E-state index < -0.39 is 16.1 Å². The number of nitrogens with one attached hydrogen (secondary N) is 1. The van der Waals surface area contributed by atoms with Gasteiger partial charge in [0.15, 0.2) is 0 Å². The summed E-state index contributed by atoms with van der Waals surface area (Å²) in [6.07, 6.45) is 1.14. The minimum atomic E-state index is -3.73. The lowest BCUT2D eigenvalue weighted by Crippen LogP contribution is -2.42. The van der Waals surface area contributed by atoms with Crippen molar-refractivity contribution in [2.75, 3.05) is 11.9 Å². The SMILES string of the molecule is O=C(Nc1ccc2ncsc2c1)[C@@H]1CCCN1S(=O)(=O)c1ccc(Cl)s1. The molecule has 0 radical (unpaired) electrons. The molecule has 0 bridgehead atoms. The number of fused-ring (bicyclic) bond motifs is 1. The number of aromatic nitrogens is 1. The van der Waals surface area contributed by atoms with Crippen molar-refractivity contribution in [1.29, 1.82) is 0 Å². The molecule has 1 fully saturated rings. The number of hydrogen-bond acceptors (Lipinski definition) is 6. The molecule has 10 heteroatoms. The third kappa shape index (κ3) is 3.25. The number of hydrogen-bond donors (Lipinski definition) is 1. The number of anilines is 1. The molecule has 0 aliphatic carbocycles.